The number of carbonyl (C=O) groups excluding carboxylic acids is 1. The van der Waals surface area contributed by atoms with Crippen LogP contribution in [0.3, 0.4) is 0 Å². The second-order valence-electron chi connectivity index (χ2n) is 5.17. The van der Waals surface area contributed by atoms with Crippen molar-refractivity contribution in [2.45, 2.75) is 13.3 Å². The zero-order valence-electron chi connectivity index (χ0n) is 12.3. The van der Waals surface area contributed by atoms with Crippen LogP contribution >= 0.6 is 0 Å². The maximum Gasteiger partial charge on any atom is 0.228 e. The lowest BCUT2D eigenvalue weighted by atomic mass is 10.1. The van der Waals surface area contributed by atoms with Gasteiger partial charge in [-0.2, -0.15) is 0 Å². The van der Waals surface area contributed by atoms with Crippen LogP contribution in [0, 0.1) is 6.92 Å². The summed E-state index contributed by atoms with van der Waals surface area (Å²) < 4.78 is 0. The molecule has 0 spiro atoms. The average molecular weight is 291 g/mol. The molecule has 0 atom stereocenters. The van der Waals surface area contributed by atoms with Gasteiger partial charge in [-0.3, -0.25) is 4.79 Å². The number of anilines is 1. The fraction of sp³-hybridized carbons (Fsp3) is 0.111. The van der Waals surface area contributed by atoms with Crippen LogP contribution in [0.2, 0.25) is 0 Å². The fourth-order valence-electron chi connectivity index (χ4n) is 2.29. The van der Waals surface area contributed by atoms with Crippen LogP contribution in [0.4, 0.5) is 5.69 Å². The van der Waals surface area contributed by atoms with Crippen molar-refractivity contribution in [2.75, 3.05) is 5.32 Å². The van der Waals surface area contributed by atoms with Gasteiger partial charge in [-0.1, -0.05) is 42.5 Å². The molecule has 0 aliphatic rings. The Kier molecular flexibility index (Phi) is 4.01. The van der Waals surface area contributed by atoms with Gasteiger partial charge in [0.15, 0.2) is 0 Å². The van der Waals surface area contributed by atoms with E-state index in [1.165, 1.54) is 0 Å². The van der Waals surface area contributed by atoms with Gasteiger partial charge in [0, 0.05) is 5.69 Å². The Hall–Kier alpha value is -2.88. The van der Waals surface area contributed by atoms with Gasteiger partial charge >= 0.3 is 0 Å². The molecule has 1 amide bonds. The molecule has 1 aromatic heterocycles. The summed E-state index contributed by atoms with van der Waals surface area (Å²) in [6, 6.07) is 17.4. The quantitative estimate of drug-likeness (QED) is 0.772. The van der Waals surface area contributed by atoms with Gasteiger partial charge in [-0.05, 0) is 30.2 Å². The summed E-state index contributed by atoms with van der Waals surface area (Å²) in [5.41, 5.74) is 3.81. The van der Waals surface area contributed by atoms with Crippen molar-refractivity contribution >= 4 is 11.6 Å². The van der Waals surface area contributed by atoms with Crippen LogP contribution < -0.4 is 5.32 Å². The minimum absolute atomic E-state index is 0.0173. The maximum absolute atomic E-state index is 12.0. The summed E-state index contributed by atoms with van der Waals surface area (Å²) in [4.78, 5) is 19.4. The van der Waals surface area contributed by atoms with Gasteiger partial charge in [-0.25, -0.2) is 4.98 Å². The van der Waals surface area contributed by atoms with E-state index >= 15 is 0 Å². The summed E-state index contributed by atoms with van der Waals surface area (Å²) in [6.07, 6.45) is 2.18. The predicted molar refractivity (Wildman–Crippen MR) is 87.5 cm³/mol. The van der Waals surface area contributed by atoms with Crippen molar-refractivity contribution < 1.29 is 4.79 Å². The number of carbonyl (C=O) groups is 1. The SMILES string of the molecule is Cc1ncc(-c2ccc(NC(=O)Cc3ccccc3)cc2)[nH]1. The second kappa shape index (κ2) is 6.26. The summed E-state index contributed by atoms with van der Waals surface area (Å²) >= 11 is 0. The highest BCUT2D eigenvalue weighted by Gasteiger charge is 2.05. The molecule has 2 aromatic carbocycles. The molecule has 1 heterocycles. The van der Waals surface area contributed by atoms with Crippen molar-refractivity contribution in [3.63, 3.8) is 0 Å². The van der Waals surface area contributed by atoms with E-state index in [0.717, 1.165) is 28.3 Å². The molecule has 0 bridgehead atoms. The first-order chi connectivity index (χ1) is 10.7. The Morgan fingerprint density at radius 1 is 1.09 bits per heavy atom. The van der Waals surface area contributed by atoms with Crippen molar-refractivity contribution in [3.8, 4) is 11.3 Å². The Labute approximate surface area is 129 Å². The average Bonchev–Trinajstić information content (AvgIpc) is 2.95. The number of aromatic nitrogens is 2. The summed E-state index contributed by atoms with van der Waals surface area (Å²) in [5.74, 6) is 0.867. The van der Waals surface area contributed by atoms with Crippen LogP contribution in [0.1, 0.15) is 11.4 Å². The lowest BCUT2D eigenvalue weighted by Crippen LogP contribution is -2.14. The monoisotopic (exact) mass is 291 g/mol. The number of aromatic amines is 1. The van der Waals surface area contributed by atoms with Gasteiger partial charge in [0.25, 0.3) is 0 Å². The normalized spacial score (nSPS) is 10.4. The van der Waals surface area contributed by atoms with Crippen LogP contribution in [-0.4, -0.2) is 15.9 Å². The summed E-state index contributed by atoms with van der Waals surface area (Å²) in [7, 11) is 0. The Balaban J connectivity index is 1.65. The molecule has 0 saturated heterocycles. The number of nitrogens with zero attached hydrogens (tertiary/aromatic N) is 1. The van der Waals surface area contributed by atoms with E-state index in [0.29, 0.717) is 6.42 Å². The molecule has 110 valence electrons. The highest BCUT2D eigenvalue weighted by atomic mass is 16.1. The Bertz CT molecular complexity index is 761. The molecule has 22 heavy (non-hydrogen) atoms. The van der Waals surface area contributed by atoms with Crippen LogP contribution in [0.15, 0.2) is 60.8 Å². The smallest absolute Gasteiger partial charge is 0.228 e. The zero-order chi connectivity index (χ0) is 15.4. The minimum atomic E-state index is -0.0173. The first-order valence-electron chi connectivity index (χ1n) is 7.16. The molecule has 0 saturated carbocycles. The Morgan fingerprint density at radius 2 is 1.82 bits per heavy atom. The lowest BCUT2D eigenvalue weighted by molar-refractivity contribution is -0.115. The van der Waals surface area contributed by atoms with Crippen molar-refractivity contribution in [3.05, 3.63) is 72.2 Å². The third-order valence-corrected chi connectivity index (χ3v) is 3.39. The number of imidazole rings is 1. The molecule has 0 radical (unpaired) electrons. The molecular formula is C18H17N3O. The van der Waals surface area contributed by atoms with E-state index in [1.807, 2.05) is 61.5 Å². The first kappa shape index (κ1) is 14.1. The molecule has 2 N–H and O–H groups in total. The zero-order valence-corrected chi connectivity index (χ0v) is 12.3. The molecule has 3 rings (SSSR count). The standard InChI is InChI=1S/C18H17N3O/c1-13-19-12-17(20-13)15-7-9-16(10-8-15)21-18(22)11-14-5-3-2-4-6-14/h2-10,12H,11H2,1H3,(H,19,20)(H,21,22). The van der Waals surface area contributed by atoms with E-state index < -0.39 is 0 Å². The van der Waals surface area contributed by atoms with E-state index in [9.17, 15) is 4.79 Å². The van der Waals surface area contributed by atoms with E-state index in [-0.39, 0.29) is 5.91 Å². The van der Waals surface area contributed by atoms with Crippen molar-refractivity contribution in [1.82, 2.24) is 9.97 Å². The molecule has 4 heteroatoms. The van der Waals surface area contributed by atoms with Crippen LogP contribution in [0.25, 0.3) is 11.3 Å². The van der Waals surface area contributed by atoms with Gasteiger partial charge in [-0.15, -0.1) is 0 Å². The molecule has 0 aliphatic heterocycles. The number of aryl methyl sites for hydroxylation is 1. The highest BCUT2D eigenvalue weighted by Crippen LogP contribution is 2.19. The fourth-order valence-corrected chi connectivity index (χ4v) is 2.29. The largest absolute Gasteiger partial charge is 0.342 e. The molecular weight excluding hydrogens is 274 g/mol. The molecule has 0 aliphatic carbocycles. The second-order valence-corrected chi connectivity index (χ2v) is 5.17. The molecule has 3 aromatic rings. The maximum atomic E-state index is 12.0. The number of benzene rings is 2. The minimum Gasteiger partial charge on any atom is -0.342 e. The van der Waals surface area contributed by atoms with E-state index in [1.54, 1.807) is 6.20 Å². The van der Waals surface area contributed by atoms with Gasteiger partial charge in [0.05, 0.1) is 18.3 Å². The van der Waals surface area contributed by atoms with Gasteiger partial charge in [0.2, 0.25) is 5.91 Å². The van der Waals surface area contributed by atoms with E-state index in [2.05, 4.69) is 15.3 Å². The van der Waals surface area contributed by atoms with Crippen molar-refractivity contribution in [2.24, 2.45) is 0 Å². The number of hydrogen-bond acceptors (Lipinski definition) is 2. The van der Waals surface area contributed by atoms with E-state index in [4.69, 9.17) is 0 Å². The molecule has 0 unspecified atom stereocenters. The van der Waals surface area contributed by atoms with Crippen LogP contribution in [0.5, 0.6) is 0 Å². The third-order valence-electron chi connectivity index (χ3n) is 3.39. The lowest BCUT2D eigenvalue weighted by Gasteiger charge is -2.06. The summed E-state index contributed by atoms with van der Waals surface area (Å²) in [5, 5.41) is 2.91. The number of amides is 1. The molecule has 0 fully saturated rings. The number of hydrogen-bond donors (Lipinski definition) is 2. The number of H-pyrrole nitrogens is 1. The topological polar surface area (TPSA) is 57.8 Å². The Morgan fingerprint density at radius 3 is 2.45 bits per heavy atom. The third kappa shape index (κ3) is 3.41. The number of rotatable bonds is 4. The highest BCUT2D eigenvalue weighted by molar-refractivity contribution is 5.92. The van der Waals surface area contributed by atoms with Gasteiger partial charge < -0.3 is 10.3 Å². The molecule has 4 nitrogen and oxygen atoms in total. The first-order valence-corrected chi connectivity index (χ1v) is 7.16. The van der Waals surface area contributed by atoms with Gasteiger partial charge in [0.1, 0.15) is 5.82 Å². The predicted octanol–water partition coefficient (Wildman–Crippen LogP) is 3.57. The number of nitrogens with one attached hydrogen (secondary N) is 2. The van der Waals surface area contributed by atoms with Crippen molar-refractivity contribution in [1.29, 1.82) is 0 Å². The summed E-state index contributed by atoms with van der Waals surface area (Å²) in [6.45, 7) is 1.92. The van der Waals surface area contributed by atoms with Crippen LogP contribution in [-0.2, 0) is 11.2 Å².